The largest absolute Gasteiger partial charge is 0.458 e. The van der Waals surface area contributed by atoms with Crippen molar-refractivity contribution in [2.24, 2.45) is 0 Å². The molecule has 0 fully saturated rings. The van der Waals surface area contributed by atoms with Crippen molar-refractivity contribution >= 4 is 23.4 Å². The van der Waals surface area contributed by atoms with Gasteiger partial charge in [0.2, 0.25) is 0 Å². The Balaban J connectivity index is 1.99. The van der Waals surface area contributed by atoms with Crippen LogP contribution in [0.4, 0.5) is 5.82 Å². The number of ether oxygens (including phenoxy) is 1. The summed E-state index contributed by atoms with van der Waals surface area (Å²) in [6.45, 7) is 4.71. The van der Waals surface area contributed by atoms with Crippen molar-refractivity contribution in [3.63, 3.8) is 0 Å². The molecule has 8 heteroatoms. The topological polar surface area (TPSA) is 88.0 Å². The number of aromatic nitrogens is 4. The number of nitrogens with zero attached hydrogens (tertiary/aromatic N) is 4. The molecule has 21 heavy (non-hydrogen) atoms. The Hall–Kier alpha value is -2.02. The fourth-order valence-electron chi connectivity index (χ4n) is 1.95. The molecule has 0 bridgehead atoms. The van der Waals surface area contributed by atoms with E-state index in [1.165, 1.54) is 4.68 Å². The summed E-state index contributed by atoms with van der Waals surface area (Å²) in [6.07, 6.45) is 2.36. The minimum atomic E-state index is -0.406. The summed E-state index contributed by atoms with van der Waals surface area (Å²) < 4.78 is 8.41. The van der Waals surface area contributed by atoms with E-state index in [9.17, 15) is 4.79 Å². The van der Waals surface area contributed by atoms with E-state index in [4.69, 9.17) is 22.1 Å². The van der Waals surface area contributed by atoms with Gasteiger partial charge in [0.1, 0.15) is 19.0 Å². The smallest absolute Gasteiger partial charge is 0.328 e. The Labute approximate surface area is 127 Å². The van der Waals surface area contributed by atoms with Crippen LogP contribution in [-0.4, -0.2) is 25.5 Å². The molecule has 0 saturated heterocycles. The average Bonchev–Trinajstić information content (AvgIpc) is 3.00. The number of hydrogen-bond acceptors (Lipinski definition) is 5. The third kappa shape index (κ3) is 3.55. The molecule has 0 radical (unpaired) electrons. The van der Waals surface area contributed by atoms with Crippen molar-refractivity contribution in [2.45, 2.75) is 40.0 Å². The zero-order chi connectivity index (χ0) is 15.4. The van der Waals surface area contributed by atoms with Crippen molar-refractivity contribution in [1.82, 2.24) is 19.6 Å². The van der Waals surface area contributed by atoms with Gasteiger partial charge in [-0.05, 0) is 19.4 Å². The molecule has 2 rings (SSSR count). The number of hydrogen-bond donors (Lipinski definition) is 1. The van der Waals surface area contributed by atoms with E-state index in [0.717, 1.165) is 12.1 Å². The molecular weight excluding hydrogens is 294 g/mol. The maximum atomic E-state index is 11.8. The Morgan fingerprint density at radius 2 is 2.19 bits per heavy atom. The van der Waals surface area contributed by atoms with Gasteiger partial charge in [-0.3, -0.25) is 14.2 Å². The van der Waals surface area contributed by atoms with Crippen LogP contribution in [0.1, 0.15) is 25.2 Å². The first-order valence-electron chi connectivity index (χ1n) is 6.73. The van der Waals surface area contributed by atoms with Gasteiger partial charge in [-0.1, -0.05) is 18.5 Å². The van der Waals surface area contributed by atoms with Crippen molar-refractivity contribution in [3.8, 4) is 0 Å². The number of nitrogens with two attached hydrogens (primary N) is 1. The number of aryl methyl sites for hydroxylation is 2. The third-order valence-corrected chi connectivity index (χ3v) is 3.45. The maximum absolute atomic E-state index is 11.8. The Morgan fingerprint density at radius 3 is 2.76 bits per heavy atom. The highest BCUT2D eigenvalue weighted by atomic mass is 35.5. The molecular formula is C13H18ClN5O2. The summed E-state index contributed by atoms with van der Waals surface area (Å²) in [7, 11) is 0. The van der Waals surface area contributed by atoms with Gasteiger partial charge >= 0.3 is 5.97 Å². The van der Waals surface area contributed by atoms with Gasteiger partial charge in [0.25, 0.3) is 0 Å². The van der Waals surface area contributed by atoms with Gasteiger partial charge in [0.05, 0.1) is 16.4 Å². The van der Waals surface area contributed by atoms with Crippen molar-refractivity contribution in [2.75, 3.05) is 5.73 Å². The van der Waals surface area contributed by atoms with Crippen LogP contribution in [0.5, 0.6) is 0 Å². The van der Waals surface area contributed by atoms with Gasteiger partial charge in [0, 0.05) is 12.7 Å². The molecule has 114 valence electrons. The van der Waals surface area contributed by atoms with Crippen molar-refractivity contribution in [3.05, 3.63) is 28.7 Å². The first-order valence-corrected chi connectivity index (χ1v) is 7.11. The molecule has 2 aromatic rings. The molecule has 0 amide bonds. The molecule has 0 saturated carbocycles. The van der Waals surface area contributed by atoms with Gasteiger partial charge < -0.3 is 10.5 Å². The van der Waals surface area contributed by atoms with E-state index in [0.29, 0.717) is 23.1 Å². The predicted octanol–water partition coefficient (Wildman–Crippen LogP) is 1.64. The van der Waals surface area contributed by atoms with Crippen LogP contribution in [0.3, 0.4) is 0 Å². The Morgan fingerprint density at radius 1 is 1.43 bits per heavy atom. The van der Waals surface area contributed by atoms with Gasteiger partial charge in [-0.2, -0.15) is 10.2 Å². The highest BCUT2D eigenvalue weighted by Crippen LogP contribution is 2.22. The zero-order valence-electron chi connectivity index (χ0n) is 12.0. The lowest BCUT2D eigenvalue weighted by molar-refractivity contribution is -0.146. The lowest BCUT2D eigenvalue weighted by atomic mass is 10.3. The highest BCUT2D eigenvalue weighted by Gasteiger charge is 2.16. The van der Waals surface area contributed by atoms with Gasteiger partial charge in [-0.25, -0.2) is 0 Å². The van der Waals surface area contributed by atoms with E-state index in [1.807, 2.05) is 13.8 Å². The number of carbonyl (C=O) groups excluding carboxylic acids is 1. The molecule has 0 aliphatic carbocycles. The predicted molar refractivity (Wildman–Crippen MR) is 78.7 cm³/mol. The Bertz CT molecular complexity index is 635. The molecule has 0 aliphatic rings. The van der Waals surface area contributed by atoms with Crippen molar-refractivity contribution < 1.29 is 9.53 Å². The zero-order valence-corrected chi connectivity index (χ0v) is 12.8. The quantitative estimate of drug-likeness (QED) is 0.819. The summed E-state index contributed by atoms with van der Waals surface area (Å²) in [6, 6.07) is 1.61. The third-order valence-electron chi connectivity index (χ3n) is 3.02. The van der Waals surface area contributed by atoms with Crippen molar-refractivity contribution in [1.29, 1.82) is 0 Å². The second-order valence-corrected chi connectivity index (χ2v) is 4.85. The van der Waals surface area contributed by atoms with Crippen LogP contribution in [0, 0.1) is 0 Å². The fraction of sp³-hybridized carbons (Fsp3) is 0.462. The summed E-state index contributed by atoms with van der Waals surface area (Å²) in [5.74, 6) is -0.0430. The van der Waals surface area contributed by atoms with E-state index in [-0.39, 0.29) is 13.2 Å². The standard InChI is InChI=1S/C13H18ClN5O2/c1-3-9-13(14)10(19(4-2)16-9)8-21-12(20)7-18-6-5-11(15)17-18/h5-6H,3-4,7-8H2,1-2H3,(H2,15,17). The SMILES string of the molecule is CCc1nn(CC)c(COC(=O)Cn2ccc(N)n2)c1Cl. The summed E-state index contributed by atoms with van der Waals surface area (Å²) in [5, 5.41) is 8.86. The number of esters is 1. The first-order chi connectivity index (χ1) is 10.0. The van der Waals surface area contributed by atoms with Crippen LogP contribution >= 0.6 is 11.6 Å². The van der Waals surface area contributed by atoms with Gasteiger partial charge in [-0.15, -0.1) is 0 Å². The van der Waals surface area contributed by atoms with Crippen LogP contribution < -0.4 is 5.73 Å². The van der Waals surface area contributed by atoms with E-state index in [1.54, 1.807) is 16.9 Å². The fourth-order valence-corrected chi connectivity index (χ4v) is 2.27. The number of rotatable bonds is 6. The number of anilines is 1. The second kappa shape index (κ2) is 6.62. The molecule has 7 nitrogen and oxygen atoms in total. The minimum absolute atomic E-state index is 0.00964. The monoisotopic (exact) mass is 311 g/mol. The first kappa shape index (κ1) is 15.4. The molecule has 0 unspecified atom stereocenters. The number of halogens is 1. The number of nitrogen functional groups attached to an aromatic ring is 1. The van der Waals surface area contributed by atoms with Crippen LogP contribution in [0.15, 0.2) is 12.3 Å². The molecule has 0 aliphatic heterocycles. The molecule has 0 spiro atoms. The summed E-state index contributed by atoms with van der Waals surface area (Å²) >= 11 is 6.25. The van der Waals surface area contributed by atoms with E-state index in [2.05, 4.69) is 10.2 Å². The van der Waals surface area contributed by atoms with Crippen LogP contribution in [0.25, 0.3) is 0 Å². The lowest BCUT2D eigenvalue weighted by Gasteiger charge is -2.07. The summed E-state index contributed by atoms with van der Waals surface area (Å²) in [5.41, 5.74) is 7.00. The average molecular weight is 312 g/mol. The molecule has 2 heterocycles. The molecule has 2 N–H and O–H groups in total. The second-order valence-electron chi connectivity index (χ2n) is 4.48. The van der Waals surface area contributed by atoms with E-state index < -0.39 is 5.97 Å². The lowest BCUT2D eigenvalue weighted by Crippen LogP contribution is -2.15. The maximum Gasteiger partial charge on any atom is 0.328 e. The van der Waals surface area contributed by atoms with Crippen LogP contribution in [-0.2, 0) is 35.6 Å². The van der Waals surface area contributed by atoms with Crippen LogP contribution in [0.2, 0.25) is 5.02 Å². The van der Waals surface area contributed by atoms with E-state index >= 15 is 0 Å². The van der Waals surface area contributed by atoms with Gasteiger partial charge in [0.15, 0.2) is 0 Å². The minimum Gasteiger partial charge on any atom is -0.458 e. The number of carbonyl (C=O) groups is 1. The summed E-state index contributed by atoms with van der Waals surface area (Å²) in [4.78, 5) is 11.8. The Kier molecular flexibility index (Phi) is 4.85. The molecule has 0 atom stereocenters. The normalized spacial score (nSPS) is 10.8. The molecule has 0 aromatic carbocycles. The highest BCUT2D eigenvalue weighted by molar-refractivity contribution is 6.31. The molecule has 2 aromatic heterocycles.